The molecule has 94 valence electrons. The van der Waals surface area contributed by atoms with Crippen molar-refractivity contribution in [2.75, 3.05) is 12.8 Å². The van der Waals surface area contributed by atoms with Crippen molar-refractivity contribution in [3.8, 4) is 0 Å². The quantitative estimate of drug-likeness (QED) is 0.862. The minimum absolute atomic E-state index is 0.0829. The summed E-state index contributed by atoms with van der Waals surface area (Å²) in [5, 5.41) is 1.93. The molecule has 0 radical (unpaired) electrons. The fourth-order valence-electron chi connectivity index (χ4n) is 1.71. The van der Waals surface area contributed by atoms with Gasteiger partial charge in [0.15, 0.2) is 0 Å². The first-order valence-corrected chi connectivity index (χ1v) is 6.51. The van der Waals surface area contributed by atoms with E-state index >= 15 is 0 Å². The summed E-state index contributed by atoms with van der Waals surface area (Å²) in [7, 11) is 1.75. The molecule has 0 aliphatic heterocycles. The fraction of sp³-hybridized carbons (Fsp3) is 0.231. The summed E-state index contributed by atoms with van der Waals surface area (Å²) < 4.78 is 0. The molecular formula is C13H15N3OS. The van der Waals surface area contributed by atoms with Gasteiger partial charge in [0.2, 0.25) is 0 Å². The molecule has 1 aromatic heterocycles. The molecule has 0 unspecified atom stereocenters. The maximum absolute atomic E-state index is 12.2. The molecule has 2 N–H and O–H groups in total. The molecule has 1 amide bonds. The van der Waals surface area contributed by atoms with Crippen LogP contribution in [0.1, 0.15) is 21.6 Å². The van der Waals surface area contributed by atoms with Gasteiger partial charge in [-0.25, -0.2) is 4.98 Å². The fourth-order valence-corrected chi connectivity index (χ4v) is 2.26. The van der Waals surface area contributed by atoms with Crippen molar-refractivity contribution in [1.29, 1.82) is 0 Å². The van der Waals surface area contributed by atoms with Crippen LogP contribution in [0.4, 0.5) is 5.69 Å². The van der Waals surface area contributed by atoms with Crippen LogP contribution in [0.15, 0.2) is 29.1 Å². The number of thiazole rings is 1. The first kappa shape index (κ1) is 12.6. The predicted octanol–water partition coefficient (Wildman–Crippen LogP) is 2.31. The van der Waals surface area contributed by atoms with Crippen molar-refractivity contribution in [2.45, 2.75) is 13.5 Å². The van der Waals surface area contributed by atoms with Gasteiger partial charge in [0.25, 0.3) is 5.91 Å². The minimum Gasteiger partial charge on any atom is -0.398 e. The third-order valence-corrected chi connectivity index (χ3v) is 3.30. The van der Waals surface area contributed by atoms with Gasteiger partial charge in [0.1, 0.15) is 0 Å². The van der Waals surface area contributed by atoms with Gasteiger partial charge in [0, 0.05) is 18.1 Å². The lowest BCUT2D eigenvalue weighted by Crippen LogP contribution is -2.27. The van der Waals surface area contributed by atoms with Gasteiger partial charge in [-0.1, -0.05) is 6.07 Å². The summed E-state index contributed by atoms with van der Waals surface area (Å²) in [5.74, 6) is -0.0829. The van der Waals surface area contributed by atoms with Crippen LogP contribution in [0.3, 0.4) is 0 Å². The van der Waals surface area contributed by atoms with Gasteiger partial charge in [-0.3, -0.25) is 4.79 Å². The number of hydrogen-bond acceptors (Lipinski definition) is 4. The van der Waals surface area contributed by atoms with Crippen molar-refractivity contribution in [2.24, 2.45) is 0 Å². The van der Waals surface area contributed by atoms with E-state index in [0.29, 0.717) is 17.8 Å². The van der Waals surface area contributed by atoms with E-state index in [0.717, 1.165) is 11.3 Å². The molecule has 4 nitrogen and oxygen atoms in total. The zero-order valence-electron chi connectivity index (χ0n) is 10.4. The summed E-state index contributed by atoms with van der Waals surface area (Å²) in [6, 6.07) is 5.47. The number of benzene rings is 1. The van der Waals surface area contributed by atoms with Gasteiger partial charge in [-0.2, -0.15) is 0 Å². The summed E-state index contributed by atoms with van der Waals surface area (Å²) in [5.41, 5.74) is 10.6. The van der Waals surface area contributed by atoms with Crippen LogP contribution in [-0.4, -0.2) is 22.8 Å². The van der Waals surface area contributed by atoms with Crippen LogP contribution in [-0.2, 0) is 6.54 Å². The number of carbonyl (C=O) groups excluding carboxylic acids is 1. The molecule has 18 heavy (non-hydrogen) atoms. The van der Waals surface area contributed by atoms with Crippen LogP contribution in [0.2, 0.25) is 0 Å². The minimum atomic E-state index is -0.0829. The average Bonchev–Trinajstić information content (AvgIpc) is 2.81. The second-order valence-electron chi connectivity index (χ2n) is 4.23. The number of amides is 1. The number of aryl methyl sites for hydroxylation is 1. The van der Waals surface area contributed by atoms with E-state index in [9.17, 15) is 4.79 Å². The third kappa shape index (κ3) is 2.68. The maximum Gasteiger partial charge on any atom is 0.256 e. The number of nitrogens with two attached hydrogens (primary N) is 1. The Morgan fingerprint density at radius 2 is 2.28 bits per heavy atom. The van der Waals surface area contributed by atoms with Crippen LogP contribution < -0.4 is 5.73 Å². The Labute approximate surface area is 110 Å². The molecule has 0 aliphatic rings. The normalized spacial score (nSPS) is 10.3. The van der Waals surface area contributed by atoms with Crippen molar-refractivity contribution >= 4 is 22.9 Å². The molecule has 1 heterocycles. The SMILES string of the molecule is Cc1ccc(C(=O)N(C)Cc2cscn2)c(N)c1. The molecule has 0 fully saturated rings. The van der Waals surface area contributed by atoms with E-state index in [-0.39, 0.29) is 5.91 Å². The van der Waals surface area contributed by atoms with E-state index in [1.165, 1.54) is 11.3 Å². The van der Waals surface area contributed by atoms with Crippen molar-refractivity contribution in [3.63, 3.8) is 0 Å². The zero-order valence-corrected chi connectivity index (χ0v) is 11.2. The van der Waals surface area contributed by atoms with Crippen molar-refractivity contribution in [1.82, 2.24) is 9.88 Å². The number of rotatable bonds is 3. The first-order valence-electron chi connectivity index (χ1n) is 5.56. The van der Waals surface area contributed by atoms with E-state index < -0.39 is 0 Å². The Bertz CT molecular complexity index is 551. The lowest BCUT2D eigenvalue weighted by Gasteiger charge is -2.17. The van der Waals surface area contributed by atoms with Crippen molar-refractivity contribution < 1.29 is 4.79 Å². The predicted molar refractivity (Wildman–Crippen MR) is 73.5 cm³/mol. The molecule has 0 spiro atoms. The topological polar surface area (TPSA) is 59.2 Å². The third-order valence-electron chi connectivity index (χ3n) is 2.67. The van der Waals surface area contributed by atoms with Crippen LogP contribution >= 0.6 is 11.3 Å². The number of hydrogen-bond donors (Lipinski definition) is 1. The molecule has 1 aromatic carbocycles. The van der Waals surface area contributed by atoms with Crippen molar-refractivity contribution in [3.05, 3.63) is 45.9 Å². The monoisotopic (exact) mass is 261 g/mol. The molecule has 0 atom stereocenters. The molecule has 2 rings (SSSR count). The highest BCUT2D eigenvalue weighted by molar-refractivity contribution is 7.07. The average molecular weight is 261 g/mol. The molecule has 0 saturated carbocycles. The number of aromatic nitrogens is 1. The highest BCUT2D eigenvalue weighted by Crippen LogP contribution is 2.16. The van der Waals surface area contributed by atoms with Gasteiger partial charge in [-0.05, 0) is 24.6 Å². The summed E-state index contributed by atoms with van der Waals surface area (Å²) >= 11 is 1.52. The number of nitrogen functional groups attached to an aromatic ring is 1. The largest absolute Gasteiger partial charge is 0.398 e. The Morgan fingerprint density at radius 3 is 2.89 bits per heavy atom. The van der Waals surface area contributed by atoms with E-state index in [4.69, 9.17) is 5.73 Å². The Hall–Kier alpha value is -1.88. The van der Waals surface area contributed by atoms with E-state index in [1.807, 2.05) is 24.4 Å². The van der Waals surface area contributed by atoms with Gasteiger partial charge < -0.3 is 10.6 Å². The van der Waals surface area contributed by atoms with Gasteiger partial charge >= 0.3 is 0 Å². The summed E-state index contributed by atoms with van der Waals surface area (Å²) in [4.78, 5) is 18.0. The number of nitrogens with zero attached hydrogens (tertiary/aromatic N) is 2. The molecular weight excluding hydrogens is 246 g/mol. The highest BCUT2D eigenvalue weighted by atomic mass is 32.1. The van der Waals surface area contributed by atoms with Crippen LogP contribution in [0.25, 0.3) is 0 Å². The molecule has 5 heteroatoms. The Morgan fingerprint density at radius 1 is 1.50 bits per heavy atom. The number of carbonyl (C=O) groups is 1. The first-order chi connectivity index (χ1) is 8.58. The Balaban J connectivity index is 2.15. The maximum atomic E-state index is 12.2. The smallest absolute Gasteiger partial charge is 0.256 e. The van der Waals surface area contributed by atoms with Crippen LogP contribution in [0, 0.1) is 6.92 Å². The number of anilines is 1. The Kier molecular flexibility index (Phi) is 3.62. The van der Waals surface area contributed by atoms with Gasteiger partial charge in [0.05, 0.1) is 23.3 Å². The second kappa shape index (κ2) is 5.18. The zero-order chi connectivity index (χ0) is 13.1. The van der Waals surface area contributed by atoms with Gasteiger partial charge in [-0.15, -0.1) is 11.3 Å². The van der Waals surface area contributed by atoms with E-state index in [1.54, 1.807) is 23.5 Å². The second-order valence-corrected chi connectivity index (χ2v) is 4.95. The highest BCUT2D eigenvalue weighted by Gasteiger charge is 2.15. The van der Waals surface area contributed by atoms with E-state index in [2.05, 4.69) is 4.98 Å². The lowest BCUT2D eigenvalue weighted by atomic mass is 10.1. The molecule has 0 bridgehead atoms. The molecule has 0 saturated heterocycles. The standard InChI is InChI=1S/C13H15N3OS/c1-9-3-4-11(12(14)5-9)13(17)16(2)6-10-7-18-8-15-10/h3-5,7-8H,6,14H2,1-2H3. The lowest BCUT2D eigenvalue weighted by molar-refractivity contribution is 0.0784. The summed E-state index contributed by atoms with van der Waals surface area (Å²) in [6.45, 7) is 2.44. The molecule has 2 aromatic rings. The summed E-state index contributed by atoms with van der Waals surface area (Å²) in [6.07, 6.45) is 0. The molecule has 0 aliphatic carbocycles. The van der Waals surface area contributed by atoms with Crippen LogP contribution in [0.5, 0.6) is 0 Å².